The minimum Gasteiger partial charge on any atom is -0.342 e. The van der Waals surface area contributed by atoms with Crippen LogP contribution in [0.4, 0.5) is 0 Å². The first-order chi connectivity index (χ1) is 10.0. The van der Waals surface area contributed by atoms with Crippen LogP contribution in [0.3, 0.4) is 0 Å². The Morgan fingerprint density at radius 2 is 2.24 bits per heavy atom. The lowest BCUT2D eigenvalue weighted by molar-refractivity contribution is 0.0937. The lowest BCUT2D eigenvalue weighted by atomic mass is 10.2. The van der Waals surface area contributed by atoms with Crippen LogP contribution in [0.15, 0.2) is 29.4 Å². The summed E-state index contributed by atoms with van der Waals surface area (Å²) >= 11 is 7.51. The highest BCUT2D eigenvalue weighted by molar-refractivity contribution is 7.99. The maximum Gasteiger partial charge on any atom is 0.251 e. The SMILES string of the molecule is CCSc1nnc([C@H](C)NC(=O)c2cccc(Cl)c2)n1C. The molecule has 0 spiro atoms. The summed E-state index contributed by atoms with van der Waals surface area (Å²) < 4.78 is 1.90. The predicted octanol–water partition coefficient (Wildman–Crippen LogP) is 3.07. The van der Waals surface area contributed by atoms with Gasteiger partial charge >= 0.3 is 0 Å². The van der Waals surface area contributed by atoms with Gasteiger partial charge in [0.05, 0.1) is 6.04 Å². The number of thioether (sulfide) groups is 1. The van der Waals surface area contributed by atoms with Gasteiger partial charge in [-0.3, -0.25) is 4.79 Å². The molecule has 1 atom stereocenters. The van der Waals surface area contributed by atoms with Gasteiger partial charge in [0.1, 0.15) is 0 Å². The minimum atomic E-state index is -0.236. The highest BCUT2D eigenvalue weighted by Crippen LogP contribution is 2.19. The number of amides is 1. The Morgan fingerprint density at radius 3 is 2.90 bits per heavy atom. The van der Waals surface area contributed by atoms with Crippen molar-refractivity contribution < 1.29 is 4.79 Å². The number of rotatable bonds is 5. The van der Waals surface area contributed by atoms with Gasteiger partial charge in [0, 0.05) is 17.6 Å². The Bertz CT molecular complexity index is 644. The zero-order chi connectivity index (χ0) is 15.4. The highest BCUT2D eigenvalue weighted by atomic mass is 35.5. The van der Waals surface area contributed by atoms with E-state index in [1.54, 1.807) is 36.0 Å². The number of aromatic nitrogens is 3. The lowest BCUT2D eigenvalue weighted by Gasteiger charge is -2.13. The zero-order valence-corrected chi connectivity index (χ0v) is 13.7. The van der Waals surface area contributed by atoms with E-state index in [1.165, 1.54) is 0 Å². The number of nitrogens with zero attached hydrogens (tertiary/aromatic N) is 3. The zero-order valence-electron chi connectivity index (χ0n) is 12.1. The molecule has 2 rings (SSSR count). The molecule has 7 heteroatoms. The van der Waals surface area contributed by atoms with Gasteiger partial charge < -0.3 is 9.88 Å². The van der Waals surface area contributed by atoms with E-state index in [0.29, 0.717) is 10.6 Å². The Kier molecular flexibility index (Phi) is 5.25. The van der Waals surface area contributed by atoms with Crippen molar-refractivity contribution in [2.45, 2.75) is 25.0 Å². The third kappa shape index (κ3) is 3.77. The summed E-state index contributed by atoms with van der Waals surface area (Å²) in [5.74, 6) is 1.47. The van der Waals surface area contributed by atoms with Crippen LogP contribution in [0, 0.1) is 0 Å². The second-order valence-electron chi connectivity index (χ2n) is 4.54. The average molecular weight is 325 g/mol. The van der Waals surface area contributed by atoms with Crippen molar-refractivity contribution in [1.82, 2.24) is 20.1 Å². The number of carbonyl (C=O) groups excluding carboxylic acids is 1. The van der Waals surface area contributed by atoms with E-state index in [-0.39, 0.29) is 11.9 Å². The van der Waals surface area contributed by atoms with Gasteiger partial charge in [-0.2, -0.15) is 0 Å². The summed E-state index contributed by atoms with van der Waals surface area (Å²) in [4.78, 5) is 12.2. The number of benzene rings is 1. The molecule has 0 bridgehead atoms. The lowest BCUT2D eigenvalue weighted by Crippen LogP contribution is -2.28. The summed E-state index contributed by atoms with van der Waals surface area (Å²) in [5.41, 5.74) is 0.527. The first-order valence-electron chi connectivity index (χ1n) is 6.61. The number of nitrogens with one attached hydrogen (secondary N) is 1. The topological polar surface area (TPSA) is 59.8 Å². The van der Waals surface area contributed by atoms with E-state index in [0.717, 1.165) is 16.7 Å². The third-order valence-corrected chi connectivity index (χ3v) is 4.10. The molecule has 0 saturated carbocycles. The average Bonchev–Trinajstić information content (AvgIpc) is 2.81. The first-order valence-corrected chi connectivity index (χ1v) is 7.97. The van der Waals surface area contributed by atoms with Crippen molar-refractivity contribution in [2.75, 3.05) is 5.75 Å². The maximum absolute atomic E-state index is 12.2. The summed E-state index contributed by atoms with van der Waals surface area (Å²) in [6, 6.07) is 6.61. The van der Waals surface area contributed by atoms with E-state index in [9.17, 15) is 4.79 Å². The summed E-state index contributed by atoms with van der Waals surface area (Å²) in [6.07, 6.45) is 0. The molecule has 1 heterocycles. The number of hydrogen-bond donors (Lipinski definition) is 1. The summed E-state index contributed by atoms with van der Waals surface area (Å²) in [7, 11) is 1.90. The summed E-state index contributed by atoms with van der Waals surface area (Å²) in [6.45, 7) is 3.94. The molecule has 112 valence electrons. The molecule has 1 amide bonds. The Labute approximate surface area is 133 Å². The van der Waals surface area contributed by atoms with Crippen molar-refractivity contribution in [3.05, 3.63) is 40.7 Å². The molecule has 0 fully saturated rings. The van der Waals surface area contributed by atoms with E-state index in [2.05, 4.69) is 22.4 Å². The van der Waals surface area contributed by atoms with Crippen LogP contribution in [0.5, 0.6) is 0 Å². The minimum absolute atomic E-state index is 0.183. The van der Waals surface area contributed by atoms with Crippen molar-refractivity contribution in [2.24, 2.45) is 7.05 Å². The normalized spacial score (nSPS) is 12.2. The molecule has 0 aliphatic carbocycles. The van der Waals surface area contributed by atoms with Gasteiger partial charge in [0.2, 0.25) is 0 Å². The number of halogens is 1. The first kappa shape index (κ1) is 15.9. The van der Waals surface area contributed by atoms with E-state index < -0.39 is 0 Å². The van der Waals surface area contributed by atoms with Crippen molar-refractivity contribution in [1.29, 1.82) is 0 Å². The molecule has 21 heavy (non-hydrogen) atoms. The van der Waals surface area contributed by atoms with Gasteiger partial charge in [-0.05, 0) is 30.9 Å². The second kappa shape index (κ2) is 6.95. The summed E-state index contributed by atoms with van der Waals surface area (Å²) in [5, 5.41) is 12.6. The molecule has 5 nitrogen and oxygen atoms in total. The molecule has 0 aliphatic heterocycles. The van der Waals surface area contributed by atoms with Crippen molar-refractivity contribution in [3.8, 4) is 0 Å². The molecule has 0 aliphatic rings. The van der Waals surface area contributed by atoms with Crippen LogP contribution < -0.4 is 5.32 Å². The molecule has 2 aromatic rings. The molecule has 0 unspecified atom stereocenters. The smallest absolute Gasteiger partial charge is 0.251 e. The fourth-order valence-electron chi connectivity index (χ4n) is 1.93. The fraction of sp³-hybridized carbons (Fsp3) is 0.357. The van der Waals surface area contributed by atoms with Crippen molar-refractivity contribution in [3.63, 3.8) is 0 Å². The van der Waals surface area contributed by atoms with Gasteiger partial charge in [0.15, 0.2) is 11.0 Å². The molecular weight excluding hydrogens is 308 g/mol. The fourth-order valence-corrected chi connectivity index (χ4v) is 2.77. The van der Waals surface area contributed by atoms with Gasteiger partial charge in [-0.1, -0.05) is 36.4 Å². The van der Waals surface area contributed by atoms with E-state index in [1.807, 2.05) is 18.5 Å². The Balaban J connectivity index is 2.11. The Hall–Kier alpha value is -1.53. The largest absolute Gasteiger partial charge is 0.342 e. The van der Waals surface area contributed by atoms with Crippen LogP contribution in [-0.4, -0.2) is 26.4 Å². The number of carbonyl (C=O) groups is 1. The monoisotopic (exact) mass is 324 g/mol. The second-order valence-corrected chi connectivity index (χ2v) is 6.21. The van der Waals surface area contributed by atoms with Crippen LogP contribution in [0.25, 0.3) is 0 Å². The highest BCUT2D eigenvalue weighted by Gasteiger charge is 2.18. The molecule has 0 radical (unpaired) electrons. The predicted molar refractivity (Wildman–Crippen MR) is 84.7 cm³/mol. The van der Waals surface area contributed by atoms with Crippen LogP contribution in [0.1, 0.15) is 36.1 Å². The molecule has 1 aromatic carbocycles. The molecule has 1 N–H and O–H groups in total. The molecule has 0 saturated heterocycles. The molecular formula is C14H17ClN4OS. The van der Waals surface area contributed by atoms with Gasteiger partial charge in [-0.15, -0.1) is 10.2 Å². The van der Waals surface area contributed by atoms with Crippen LogP contribution in [-0.2, 0) is 7.05 Å². The van der Waals surface area contributed by atoms with Gasteiger partial charge in [0.25, 0.3) is 5.91 Å². The van der Waals surface area contributed by atoms with E-state index >= 15 is 0 Å². The van der Waals surface area contributed by atoms with Gasteiger partial charge in [-0.25, -0.2) is 0 Å². The number of hydrogen-bond acceptors (Lipinski definition) is 4. The standard InChI is InChI=1S/C14H17ClN4OS/c1-4-21-14-18-17-12(19(14)3)9(2)16-13(20)10-6-5-7-11(15)8-10/h5-9H,4H2,1-3H3,(H,16,20)/t9-/m0/s1. The maximum atomic E-state index is 12.2. The molecule has 1 aromatic heterocycles. The third-order valence-electron chi connectivity index (χ3n) is 2.96. The van der Waals surface area contributed by atoms with Crippen LogP contribution >= 0.6 is 23.4 Å². The van der Waals surface area contributed by atoms with Crippen LogP contribution in [0.2, 0.25) is 5.02 Å². The Morgan fingerprint density at radius 1 is 1.48 bits per heavy atom. The quantitative estimate of drug-likeness (QED) is 0.859. The van der Waals surface area contributed by atoms with E-state index in [4.69, 9.17) is 11.6 Å². The van der Waals surface area contributed by atoms with Crippen molar-refractivity contribution >= 4 is 29.3 Å².